The lowest BCUT2D eigenvalue weighted by Gasteiger charge is -2.03. The summed E-state index contributed by atoms with van der Waals surface area (Å²) in [6.45, 7) is 0. The van der Waals surface area contributed by atoms with Gasteiger partial charge in [0.2, 0.25) is 5.91 Å². The molecular formula is C19H15ClN2O3S2. The third kappa shape index (κ3) is 5.32. The lowest BCUT2D eigenvalue weighted by molar-refractivity contribution is -0.113. The first-order chi connectivity index (χ1) is 13.0. The number of aromatic nitrogens is 1. The van der Waals surface area contributed by atoms with Crippen LogP contribution < -0.4 is 5.32 Å². The van der Waals surface area contributed by atoms with E-state index in [1.54, 1.807) is 36.4 Å². The van der Waals surface area contributed by atoms with Gasteiger partial charge >= 0.3 is 5.97 Å². The molecule has 0 atom stereocenters. The summed E-state index contributed by atoms with van der Waals surface area (Å²) in [6, 6.07) is 14.3. The Labute approximate surface area is 169 Å². The Bertz CT molecular complexity index is 940. The second kappa shape index (κ2) is 9.03. The van der Waals surface area contributed by atoms with Crippen molar-refractivity contribution in [1.82, 2.24) is 4.98 Å². The van der Waals surface area contributed by atoms with Crippen molar-refractivity contribution in [2.24, 2.45) is 0 Å². The van der Waals surface area contributed by atoms with Gasteiger partial charge in [0.25, 0.3) is 0 Å². The monoisotopic (exact) mass is 418 g/mol. The minimum absolute atomic E-state index is 0.128. The van der Waals surface area contributed by atoms with Gasteiger partial charge in [0.15, 0.2) is 5.13 Å². The second-order valence-corrected chi connectivity index (χ2v) is 7.74. The summed E-state index contributed by atoms with van der Waals surface area (Å²) in [5.41, 5.74) is 2.07. The Morgan fingerprint density at radius 1 is 1.15 bits per heavy atom. The van der Waals surface area contributed by atoms with Gasteiger partial charge in [0.1, 0.15) is 0 Å². The predicted octanol–water partition coefficient (Wildman–Crippen LogP) is 4.98. The molecule has 1 amide bonds. The summed E-state index contributed by atoms with van der Waals surface area (Å²) in [7, 11) is 1.34. The molecule has 3 rings (SSSR count). The molecule has 27 heavy (non-hydrogen) atoms. The highest BCUT2D eigenvalue weighted by Crippen LogP contribution is 2.26. The smallest absolute Gasteiger partial charge is 0.337 e. The van der Waals surface area contributed by atoms with Crippen LogP contribution in [0.2, 0.25) is 5.02 Å². The van der Waals surface area contributed by atoms with E-state index in [4.69, 9.17) is 11.6 Å². The number of hydrogen-bond acceptors (Lipinski definition) is 6. The highest BCUT2D eigenvalue weighted by molar-refractivity contribution is 8.00. The molecule has 0 spiro atoms. The Balaban J connectivity index is 1.57. The number of nitrogens with zero attached hydrogens (tertiary/aromatic N) is 1. The molecule has 1 aromatic heterocycles. The second-order valence-electron chi connectivity index (χ2n) is 5.40. The van der Waals surface area contributed by atoms with Crippen molar-refractivity contribution in [3.8, 4) is 11.3 Å². The fraction of sp³-hybridized carbons (Fsp3) is 0.105. The maximum absolute atomic E-state index is 12.1. The first kappa shape index (κ1) is 19.4. The van der Waals surface area contributed by atoms with E-state index < -0.39 is 0 Å². The molecule has 0 unspecified atom stereocenters. The fourth-order valence-corrected chi connectivity index (χ4v) is 3.75. The van der Waals surface area contributed by atoms with Gasteiger partial charge in [0, 0.05) is 20.9 Å². The number of halogens is 1. The first-order valence-corrected chi connectivity index (χ1v) is 10.1. The van der Waals surface area contributed by atoms with Crippen molar-refractivity contribution in [2.75, 3.05) is 18.2 Å². The highest BCUT2D eigenvalue weighted by Gasteiger charge is 2.10. The fourth-order valence-electron chi connectivity index (χ4n) is 2.19. The van der Waals surface area contributed by atoms with Crippen molar-refractivity contribution in [3.05, 3.63) is 64.5 Å². The van der Waals surface area contributed by atoms with Gasteiger partial charge in [-0.05, 0) is 36.4 Å². The summed E-state index contributed by atoms with van der Waals surface area (Å²) >= 11 is 8.63. The van der Waals surface area contributed by atoms with Crippen molar-refractivity contribution in [2.45, 2.75) is 4.90 Å². The number of hydrogen-bond donors (Lipinski definition) is 1. The van der Waals surface area contributed by atoms with Crippen LogP contribution in [0.3, 0.4) is 0 Å². The van der Waals surface area contributed by atoms with E-state index in [-0.39, 0.29) is 17.6 Å². The lowest BCUT2D eigenvalue weighted by atomic mass is 10.1. The number of thioether (sulfide) groups is 1. The molecular weight excluding hydrogens is 404 g/mol. The zero-order chi connectivity index (χ0) is 19.2. The van der Waals surface area contributed by atoms with Crippen LogP contribution in [0.15, 0.2) is 58.8 Å². The van der Waals surface area contributed by atoms with E-state index in [2.05, 4.69) is 15.0 Å². The number of amides is 1. The van der Waals surface area contributed by atoms with Gasteiger partial charge in [-0.2, -0.15) is 0 Å². The largest absolute Gasteiger partial charge is 0.465 e. The van der Waals surface area contributed by atoms with Gasteiger partial charge in [-0.1, -0.05) is 23.7 Å². The number of anilines is 1. The van der Waals surface area contributed by atoms with Crippen molar-refractivity contribution < 1.29 is 14.3 Å². The van der Waals surface area contributed by atoms with Crippen LogP contribution in [0, 0.1) is 0 Å². The van der Waals surface area contributed by atoms with E-state index in [1.807, 2.05) is 17.5 Å². The van der Waals surface area contributed by atoms with Crippen LogP contribution in [0.4, 0.5) is 5.13 Å². The molecule has 0 saturated heterocycles. The Kier molecular flexibility index (Phi) is 6.49. The number of nitrogens with one attached hydrogen (secondary N) is 1. The number of ether oxygens (including phenoxy) is 1. The van der Waals surface area contributed by atoms with E-state index in [0.717, 1.165) is 16.2 Å². The van der Waals surface area contributed by atoms with Gasteiger partial charge in [-0.15, -0.1) is 23.1 Å². The third-order valence-electron chi connectivity index (χ3n) is 3.54. The van der Waals surface area contributed by atoms with Crippen molar-refractivity contribution in [3.63, 3.8) is 0 Å². The predicted molar refractivity (Wildman–Crippen MR) is 110 cm³/mol. The van der Waals surface area contributed by atoms with Crippen LogP contribution in [0.5, 0.6) is 0 Å². The van der Waals surface area contributed by atoms with E-state index in [0.29, 0.717) is 15.7 Å². The molecule has 0 bridgehead atoms. The number of thiazole rings is 1. The molecule has 2 aromatic carbocycles. The van der Waals surface area contributed by atoms with Gasteiger partial charge in [0.05, 0.1) is 24.1 Å². The number of benzene rings is 2. The number of carbonyl (C=O) groups is 2. The van der Waals surface area contributed by atoms with Crippen LogP contribution >= 0.6 is 34.7 Å². The molecule has 3 aromatic rings. The van der Waals surface area contributed by atoms with Crippen molar-refractivity contribution >= 4 is 51.7 Å². The lowest BCUT2D eigenvalue weighted by Crippen LogP contribution is -2.13. The summed E-state index contributed by atoms with van der Waals surface area (Å²) in [6.07, 6.45) is 0. The summed E-state index contributed by atoms with van der Waals surface area (Å²) < 4.78 is 4.68. The molecule has 1 N–H and O–H groups in total. The minimum atomic E-state index is -0.383. The number of rotatable bonds is 6. The molecule has 138 valence electrons. The average Bonchev–Trinajstić information content (AvgIpc) is 3.15. The Morgan fingerprint density at radius 3 is 2.52 bits per heavy atom. The molecule has 0 aliphatic carbocycles. The quantitative estimate of drug-likeness (QED) is 0.451. The molecule has 0 saturated carbocycles. The summed E-state index contributed by atoms with van der Waals surface area (Å²) in [5.74, 6) is -0.229. The molecule has 0 radical (unpaired) electrons. The maximum Gasteiger partial charge on any atom is 0.337 e. The van der Waals surface area contributed by atoms with Crippen LogP contribution in [0.25, 0.3) is 11.3 Å². The summed E-state index contributed by atoms with van der Waals surface area (Å²) in [5, 5.41) is 5.85. The molecule has 8 heteroatoms. The minimum Gasteiger partial charge on any atom is -0.465 e. The molecule has 0 aliphatic rings. The van der Waals surface area contributed by atoms with E-state index in [9.17, 15) is 9.59 Å². The standard InChI is InChI=1S/C19H15ClN2O3S2/c1-25-18(24)13-4-2-12(3-5-13)16-10-27-19(21-16)22-17(23)11-26-15-8-6-14(20)7-9-15/h2-10H,11H2,1H3,(H,21,22,23). The Hall–Kier alpha value is -2.35. The zero-order valence-corrected chi connectivity index (χ0v) is 16.7. The van der Waals surface area contributed by atoms with Gasteiger partial charge in [-0.3, -0.25) is 4.79 Å². The van der Waals surface area contributed by atoms with E-state index >= 15 is 0 Å². The number of methoxy groups -OCH3 is 1. The third-order valence-corrected chi connectivity index (χ3v) is 5.56. The molecule has 1 heterocycles. The van der Waals surface area contributed by atoms with E-state index in [1.165, 1.54) is 30.2 Å². The SMILES string of the molecule is COC(=O)c1ccc(-c2csc(NC(=O)CSc3ccc(Cl)cc3)n2)cc1. The summed E-state index contributed by atoms with van der Waals surface area (Å²) in [4.78, 5) is 29.0. The normalized spacial score (nSPS) is 10.4. The molecule has 0 fully saturated rings. The molecule has 5 nitrogen and oxygen atoms in total. The van der Waals surface area contributed by atoms with Gasteiger partial charge in [-0.25, -0.2) is 9.78 Å². The van der Waals surface area contributed by atoms with Crippen LogP contribution in [0.1, 0.15) is 10.4 Å². The number of esters is 1. The topological polar surface area (TPSA) is 68.3 Å². The number of carbonyl (C=O) groups excluding carboxylic acids is 2. The maximum atomic E-state index is 12.1. The van der Waals surface area contributed by atoms with Crippen LogP contribution in [-0.4, -0.2) is 29.7 Å². The molecule has 0 aliphatic heterocycles. The first-order valence-electron chi connectivity index (χ1n) is 7.87. The van der Waals surface area contributed by atoms with Crippen molar-refractivity contribution in [1.29, 1.82) is 0 Å². The average molecular weight is 419 g/mol. The van der Waals surface area contributed by atoms with Gasteiger partial charge < -0.3 is 10.1 Å². The Morgan fingerprint density at radius 2 is 1.85 bits per heavy atom. The zero-order valence-electron chi connectivity index (χ0n) is 14.3. The highest BCUT2D eigenvalue weighted by atomic mass is 35.5. The van der Waals surface area contributed by atoms with Crippen LogP contribution in [-0.2, 0) is 9.53 Å².